The normalized spacial score (nSPS) is 9.33. The second-order valence-electron chi connectivity index (χ2n) is 3.69. The van der Waals surface area contributed by atoms with Crippen molar-refractivity contribution in [1.82, 2.24) is 0 Å². The average molecular weight is 202 g/mol. The lowest BCUT2D eigenvalue weighted by atomic mass is 9.95. The maximum Gasteiger partial charge on any atom is 0.382 e. The summed E-state index contributed by atoms with van der Waals surface area (Å²) < 4.78 is 0. The summed E-state index contributed by atoms with van der Waals surface area (Å²) in [5.41, 5.74) is 5.33. The standard InChI is InChI=1S/C13H14O2/c1-8-7-9(2)12(5-6-13(14)15)11(4)10(8)3/h7H,1-4H3,(H,14,15). The molecule has 0 bridgehead atoms. The van der Waals surface area contributed by atoms with Crippen molar-refractivity contribution in [3.05, 3.63) is 33.9 Å². The summed E-state index contributed by atoms with van der Waals surface area (Å²) in [5.74, 6) is 3.77. The van der Waals surface area contributed by atoms with Crippen molar-refractivity contribution in [2.75, 3.05) is 0 Å². The molecular formula is C13H14O2. The van der Waals surface area contributed by atoms with Crippen LogP contribution < -0.4 is 0 Å². The molecule has 0 aliphatic rings. The lowest BCUT2D eigenvalue weighted by Crippen LogP contribution is -1.96. The van der Waals surface area contributed by atoms with Gasteiger partial charge in [0.15, 0.2) is 0 Å². The van der Waals surface area contributed by atoms with Crippen molar-refractivity contribution < 1.29 is 9.90 Å². The van der Waals surface area contributed by atoms with Crippen LogP contribution in [0.25, 0.3) is 0 Å². The first-order chi connectivity index (χ1) is 6.93. The molecule has 0 heterocycles. The number of hydrogen-bond acceptors (Lipinski definition) is 1. The van der Waals surface area contributed by atoms with Crippen LogP contribution in [0.2, 0.25) is 0 Å². The molecule has 1 aromatic carbocycles. The average Bonchev–Trinajstić information content (AvgIpc) is 2.14. The van der Waals surface area contributed by atoms with E-state index in [9.17, 15) is 4.79 Å². The van der Waals surface area contributed by atoms with Gasteiger partial charge in [-0.2, -0.15) is 0 Å². The highest BCUT2D eigenvalue weighted by molar-refractivity contribution is 5.87. The fourth-order valence-electron chi connectivity index (χ4n) is 1.59. The van der Waals surface area contributed by atoms with Gasteiger partial charge in [-0.3, -0.25) is 0 Å². The zero-order chi connectivity index (χ0) is 11.6. The summed E-state index contributed by atoms with van der Waals surface area (Å²) in [6.45, 7) is 7.99. The van der Waals surface area contributed by atoms with Crippen molar-refractivity contribution in [3.8, 4) is 11.8 Å². The molecule has 2 nitrogen and oxygen atoms in total. The Labute approximate surface area is 89.9 Å². The van der Waals surface area contributed by atoms with Crippen molar-refractivity contribution in [2.24, 2.45) is 0 Å². The van der Waals surface area contributed by atoms with E-state index in [1.54, 1.807) is 0 Å². The van der Waals surface area contributed by atoms with Gasteiger partial charge in [0, 0.05) is 11.5 Å². The second kappa shape index (κ2) is 4.18. The molecule has 15 heavy (non-hydrogen) atoms. The van der Waals surface area contributed by atoms with Gasteiger partial charge in [0.25, 0.3) is 0 Å². The van der Waals surface area contributed by atoms with E-state index in [1.165, 1.54) is 11.1 Å². The van der Waals surface area contributed by atoms with E-state index in [2.05, 4.69) is 11.8 Å². The molecule has 0 aromatic heterocycles. The number of aliphatic carboxylic acids is 1. The Morgan fingerprint density at radius 2 is 1.73 bits per heavy atom. The van der Waals surface area contributed by atoms with Crippen LogP contribution in [0.15, 0.2) is 6.07 Å². The Bertz CT molecular complexity index is 474. The molecule has 1 N–H and O–H groups in total. The summed E-state index contributed by atoms with van der Waals surface area (Å²) in [7, 11) is 0. The number of carbonyl (C=O) groups is 1. The fraction of sp³-hybridized carbons (Fsp3) is 0.308. The second-order valence-corrected chi connectivity index (χ2v) is 3.69. The van der Waals surface area contributed by atoms with Crippen LogP contribution in [-0.2, 0) is 4.79 Å². The molecule has 0 radical (unpaired) electrons. The van der Waals surface area contributed by atoms with E-state index in [0.717, 1.165) is 16.7 Å². The third-order valence-corrected chi connectivity index (χ3v) is 2.65. The Morgan fingerprint density at radius 3 is 2.27 bits per heavy atom. The molecule has 0 atom stereocenters. The van der Waals surface area contributed by atoms with E-state index in [0.29, 0.717) is 0 Å². The summed E-state index contributed by atoms with van der Waals surface area (Å²) in [6.07, 6.45) is 0. The third-order valence-electron chi connectivity index (χ3n) is 2.65. The van der Waals surface area contributed by atoms with Crippen LogP contribution in [0.1, 0.15) is 27.8 Å². The van der Waals surface area contributed by atoms with Crippen LogP contribution in [0.3, 0.4) is 0 Å². The van der Waals surface area contributed by atoms with Crippen LogP contribution in [0.4, 0.5) is 0 Å². The highest BCUT2D eigenvalue weighted by atomic mass is 16.4. The summed E-state index contributed by atoms with van der Waals surface area (Å²) in [4.78, 5) is 10.4. The van der Waals surface area contributed by atoms with Gasteiger partial charge in [-0.1, -0.05) is 12.0 Å². The molecule has 2 heteroatoms. The van der Waals surface area contributed by atoms with Gasteiger partial charge in [0.1, 0.15) is 0 Å². The minimum absolute atomic E-state index is 0.834. The highest BCUT2D eigenvalue weighted by Gasteiger charge is 2.05. The molecule has 0 saturated carbocycles. The van der Waals surface area contributed by atoms with E-state index in [-0.39, 0.29) is 0 Å². The van der Waals surface area contributed by atoms with Gasteiger partial charge >= 0.3 is 5.97 Å². The van der Waals surface area contributed by atoms with E-state index in [4.69, 9.17) is 5.11 Å². The Hall–Kier alpha value is -1.75. The zero-order valence-electron chi connectivity index (χ0n) is 9.43. The Balaban J connectivity index is 3.38. The monoisotopic (exact) mass is 202 g/mol. The molecule has 1 rings (SSSR count). The van der Waals surface area contributed by atoms with Crippen LogP contribution in [0, 0.1) is 39.5 Å². The minimum Gasteiger partial charge on any atom is -0.472 e. The van der Waals surface area contributed by atoms with Gasteiger partial charge in [-0.25, -0.2) is 4.79 Å². The van der Waals surface area contributed by atoms with Crippen LogP contribution >= 0.6 is 0 Å². The molecule has 1 aromatic rings. The smallest absolute Gasteiger partial charge is 0.382 e. The third kappa shape index (κ3) is 2.38. The van der Waals surface area contributed by atoms with E-state index >= 15 is 0 Å². The van der Waals surface area contributed by atoms with E-state index < -0.39 is 5.97 Å². The van der Waals surface area contributed by atoms with Gasteiger partial charge in [-0.15, -0.1) is 0 Å². The Kier molecular flexibility index (Phi) is 3.16. The lowest BCUT2D eigenvalue weighted by molar-refractivity contribution is -0.130. The molecule has 0 unspecified atom stereocenters. The first-order valence-corrected chi connectivity index (χ1v) is 4.76. The minimum atomic E-state index is -1.09. The molecule has 0 amide bonds. The number of benzene rings is 1. The van der Waals surface area contributed by atoms with E-state index in [1.807, 2.05) is 33.8 Å². The first-order valence-electron chi connectivity index (χ1n) is 4.76. The molecule has 0 aliphatic heterocycles. The van der Waals surface area contributed by atoms with Gasteiger partial charge < -0.3 is 5.11 Å². The quantitative estimate of drug-likeness (QED) is 0.656. The number of rotatable bonds is 0. The predicted octanol–water partition coefficient (Wildman–Crippen LogP) is 2.36. The maximum absolute atomic E-state index is 10.4. The summed E-state index contributed by atoms with van der Waals surface area (Å²) in [6, 6.07) is 2.04. The summed E-state index contributed by atoms with van der Waals surface area (Å²) in [5, 5.41) is 8.51. The topological polar surface area (TPSA) is 37.3 Å². The number of carboxylic acid groups (broad SMARTS) is 1. The lowest BCUT2D eigenvalue weighted by Gasteiger charge is -2.10. The number of carboxylic acids is 1. The molecule has 0 saturated heterocycles. The van der Waals surface area contributed by atoms with Gasteiger partial charge in [0.05, 0.1) is 0 Å². The molecule has 78 valence electrons. The summed E-state index contributed by atoms with van der Waals surface area (Å²) >= 11 is 0. The largest absolute Gasteiger partial charge is 0.472 e. The molecular weight excluding hydrogens is 188 g/mol. The maximum atomic E-state index is 10.4. The molecule has 0 aliphatic carbocycles. The number of hydrogen-bond donors (Lipinski definition) is 1. The Morgan fingerprint density at radius 1 is 1.13 bits per heavy atom. The SMILES string of the molecule is Cc1cc(C)c(C#CC(=O)O)c(C)c1C. The predicted molar refractivity (Wildman–Crippen MR) is 59.9 cm³/mol. The van der Waals surface area contributed by atoms with Gasteiger partial charge in [-0.05, 0) is 49.9 Å². The molecule has 0 fully saturated rings. The van der Waals surface area contributed by atoms with Crippen molar-refractivity contribution in [2.45, 2.75) is 27.7 Å². The van der Waals surface area contributed by atoms with Crippen molar-refractivity contribution >= 4 is 5.97 Å². The van der Waals surface area contributed by atoms with Crippen LogP contribution in [-0.4, -0.2) is 11.1 Å². The zero-order valence-corrected chi connectivity index (χ0v) is 9.43. The van der Waals surface area contributed by atoms with Gasteiger partial charge in [0.2, 0.25) is 0 Å². The van der Waals surface area contributed by atoms with Crippen LogP contribution in [0.5, 0.6) is 0 Å². The first kappa shape index (κ1) is 11.3. The molecule has 0 spiro atoms. The highest BCUT2D eigenvalue weighted by Crippen LogP contribution is 2.20. The van der Waals surface area contributed by atoms with Crippen molar-refractivity contribution in [3.63, 3.8) is 0 Å². The number of aryl methyl sites for hydroxylation is 2. The fourth-order valence-corrected chi connectivity index (χ4v) is 1.59. The van der Waals surface area contributed by atoms with Crippen molar-refractivity contribution in [1.29, 1.82) is 0 Å².